The Labute approximate surface area is 127 Å². The van der Waals surface area contributed by atoms with Crippen LogP contribution in [0.25, 0.3) is 0 Å². The van der Waals surface area contributed by atoms with Gasteiger partial charge in [0.25, 0.3) is 0 Å². The monoisotopic (exact) mass is 323 g/mol. The zero-order valence-corrected chi connectivity index (χ0v) is 12.5. The van der Waals surface area contributed by atoms with Gasteiger partial charge in [-0.15, -0.1) is 0 Å². The standard InChI is InChI=1S/C18H14BrN/c19-15-10-6-12-17-18(15)14-9-4-5-11-16(14)20(17)13-7-2-1-3-8-13/h1-12,14,16H. The number of fused-ring (bicyclic) bond motifs is 3. The van der Waals surface area contributed by atoms with E-state index in [0.29, 0.717) is 12.0 Å². The predicted octanol–water partition coefficient (Wildman–Crippen LogP) is 5.18. The Morgan fingerprint density at radius 1 is 0.850 bits per heavy atom. The summed E-state index contributed by atoms with van der Waals surface area (Å²) < 4.78 is 1.20. The van der Waals surface area contributed by atoms with Gasteiger partial charge in [0.05, 0.1) is 6.04 Å². The van der Waals surface area contributed by atoms with E-state index in [0.717, 1.165) is 0 Å². The Balaban J connectivity index is 1.94. The van der Waals surface area contributed by atoms with E-state index < -0.39 is 0 Å². The van der Waals surface area contributed by atoms with E-state index >= 15 is 0 Å². The van der Waals surface area contributed by atoms with Crippen LogP contribution in [0, 0.1) is 0 Å². The van der Waals surface area contributed by atoms with E-state index in [-0.39, 0.29) is 0 Å². The van der Waals surface area contributed by atoms with Crippen LogP contribution in [0.2, 0.25) is 0 Å². The zero-order valence-electron chi connectivity index (χ0n) is 10.9. The molecule has 1 aliphatic carbocycles. The molecule has 1 heterocycles. The van der Waals surface area contributed by atoms with Crippen LogP contribution >= 0.6 is 15.9 Å². The molecule has 2 aliphatic rings. The van der Waals surface area contributed by atoms with Crippen molar-refractivity contribution < 1.29 is 0 Å². The van der Waals surface area contributed by atoms with Gasteiger partial charge in [0.1, 0.15) is 0 Å². The molecule has 0 radical (unpaired) electrons. The molecule has 0 fully saturated rings. The lowest BCUT2D eigenvalue weighted by molar-refractivity contribution is 0.743. The van der Waals surface area contributed by atoms with E-state index in [1.54, 1.807) is 0 Å². The number of nitrogens with zero attached hydrogens (tertiary/aromatic N) is 1. The van der Waals surface area contributed by atoms with Gasteiger partial charge in [-0.1, -0.05) is 64.5 Å². The topological polar surface area (TPSA) is 3.24 Å². The number of allylic oxidation sites excluding steroid dienone is 2. The number of benzene rings is 2. The summed E-state index contributed by atoms with van der Waals surface area (Å²) in [7, 11) is 0. The Morgan fingerprint density at radius 2 is 1.65 bits per heavy atom. The minimum absolute atomic E-state index is 0.371. The molecule has 0 saturated heterocycles. The molecular formula is C18H14BrN. The van der Waals surface area contributed by atoms with Crippen molar-refractivity contribution in [2.45, 2.75) is 12.0 Å². The second-order valence-corrected chi connectivity index (χ2v) is 6.02. The summed E-state index contributed by atoms with van der Waals surface area (Å²) in [5.41, 5.74) is 3.94. The van der Waals surface area contributed by atoms with E-state index in [1.807, 2.05) is 0 Å². The van der Waals surface area contributed by atoms with Crippen molar-refractivity contribution in [2.75, 3.05) is 4.90 Å². The highest BCUT2D eigenvalue weighted by Gasteiger charge is 2.38. The molecule has 2 aromatic carbocycles. The molecular weight excluding hydrogens is 310 g/mol. The summed E-state index contributed by atoms with van der Waals surface area (Å²) in [6.07, 6.45) is 8.90. The van der Waals surface area contributed by atoms with Crippen molar-refractivity contribution in [1.82, 2.24) is 0 Å². The van der Waals surface area contributed by atoms with Gasteiger partial charge in [-0.2, -0.15) is 0 Å². The maximum Gasteiger partial charge on any atom is 0.0630 e. The van der Waals surface area contributed by atoms with Crippen LogP contribution in [0.5, 0.6) is 0 Å². The zero-order chi connectivity index (χ0) is 13.5. The van der Waals surface area contributed by atoms with Crippen LogP contribution in [0.1, 0.15) is 11.5 Å². The molecule has 2 heteroatoms. The summed E-state index contributed by atoms with van der Waals surface area (Å²) in [6.45, 7) is 0. The molecule has 0 N–H and O–H groups in total. The first-order valence-electron chi connectivity index (χ1n) is 6.84. The molecule has 1 aliphatic heterocycles. The minimum Gasteiger partial charge on any atom is -0.333 e. The van der Waals surface area contributed by atoms with E-state index in [9.17, 15) is 0 Å². The van der Waals surface area contributed by atoms with Gasteiger partial charge in [-0.25, -0.2) is 0 Å². The average molecular weight is 324 g/mol. The van der Waals surface area contributed by atoms with Gasteiger partial charge >= 0.3 is 0 Å². The summed E-state index contributed by atoms with van der Waals surface area (Å²) >= 11 is 3.72. The Kier molecular flexibility index (Phi) is 2.78. The van der Waals surface area contributed by atoms with Gasteiger partial charge in [-0.3, -0.25) is 0 Å². The molecule has 0 aromatic heterocycles. The first kappa shape index (κ1) is 12.0. The molecule has 0 bridgehead atoms. The third kappa shape index (κ3) is 1.68. The first-order chi connectivity index (χ1) is 9.86. The fourth-order valence-electron chi connectivity index (χ4n) is 3.24. The van der Waals surface area contributed by atoms with E-state index in [1.165, 1.54) is 21.4 Å². The van der Waals surface area contributed by atoms with Crippen molar-refractivity contribution in [3.8, 4) is 0 Å². The molecule has 2 unspecified atom stereocenters. The Bertz CT molecular complexity index is 703. The van der Waals surface area contributed by atoms with Gasteiger partial charge in [-0.05, 0) is 29.8 Å². The smallest absolute Gasteiger partial charge is 0.0630 e. The lowest BCUT2D eigenvalue weighted by atomic mass is 9.91. The van der Waals surface area contributed by atoms with Gasteiger partial charge in [0, 0.05) is 21.8 Å². The fraction of sp³-hybridized carbons (Fsp3) is 0.111. The van der Waals surface area contributed by atoms with Crippen molar-refractivity contribution in [2.24, 2.45) is 0 Å². The predicted molar refractivity (Wildman–Crippen MR) is 87.5 cm³/mol. The van der Waals surface area contributed by atoms with Crippen LogP contribution in [0.3, 0.4) is 0 Å². The number of halogens is 1. The SMILES string of the molecule is Brc1cccc2c1C1C=CC=CC1N2c1ccccc1. The van der Waals surface area contributed by atoms with Crippen molar-refractivity contribution in [1.29, 1.82) is 0 Å². The minimum atomic E-state index is 0.371. The van der Waals surface area contributed by atoms with Gasteiger partial charge in [0.15, 0.2) is 0 Å². The largest absolute Gasteiger partial charge is 0.333 e. The number of para-hydroxylation sites is 1. The molecule has 0 spiro atoms. The molecule has 0 amide bonds. The number of rotatable bonds is 1. The van der Waals surface area contributed by atoms with Crippen LogP contribution in [-0.4, -0.2) is 6.04 Å². The molecule has 0 saturated carbocycles. The highest BCUT2D eigenvalue weighted by Crippen LogP contribution is 2.49. The quantitative estimate of drug-likeness (QED) is 0.699. The van der Waals surface area contributed by atoms with Crippen LogP contribution < -0.4 is 4.90 Å². The van der Waals surface area contributed by atoms with Crippen molar-refractivity contribution in [3.05, 3.63) is 82.9 Å². The van der Waals surface area contributed by atoms with Crippen LogP contribution in [-0.2, 0) is 0 Å². The highest BCUT2D eigenvalue weighted by molar-refractivity contribution is 9.10. The molecule has 2 atom stereocenters. The van der Waals surface area contributed by atoms with E-state index in [2.05, 4.69) is 93.7 Å². The Hall–Kier alpha value is -1.80. The first-order valence-corrected chi connectivity index (χ1v) is 7.63. The van der Waals surface area contributed by atoms with Crippen molar-refractivity contribution in [3.63, 3.8) is 0 Å². The molecule has 1 nitrogen and oxygen atoms in total. The highest BCUT2D eigenvalue weighted by atomic mass is 79.9. The maximum absolute atomic E-state index is 3.72. The van der Waals surface area contributed by atoms with Gasteiger partial charge in [0.2, 0.25) is 0 Å². The average Bonchev–Trinajstić information content (AvgIpc) is 2.84. The number of hydrogen-bond acceptors (Lipinski definition) is 1. The third-order valence-electron chi connectivity index (χ3n) is 4.06. The number of hydrogen-bond donors (Lipinski definition) is 0. The molecule has 20 heavy (non-hydrogen) atoms. The summed E-state index contributed by atoms with van der Waals surface area (Å²) in [5, 5.41) is 0. The van der Waals surface area contributed by atoms with Gasteiger partial charge < -0.3 is 4.90 Å². The third-order valence-corrected chi connectivity index (χ3v) is 4.75. The second-order valence-electron chi connectivity index (χ2n) is 5.16. The molecule has 2 aromatic rings. The second kappa shape index (κ2) is 4.64. The molecule has 98 valence electrons. The lowest BCUT2D eigenvalue weighted by Crippen LogP contribution is -2.28. The normalized spacial score (nSPS) is 22.8. The summed E-state index contributed by atoms with van der Waals surface area (Å²) in [4.78, 5) is 2.44. The lowest BCUT2D eigenvalue weighted by Gasteiger charge is -2.28. The van der Waals surface area contributed by atoms with Crippen molar-refractivity contribution >= 4 is 27.3 Å². The summed E-state index contributed by atoms with van der Waals surface area (Å²) in [5.74, 6) is 0.422. The Morgan fingerprint density at radius 3 is 2.50 bits per heavy atom. The molecule has 4 rings (SSSR count). The summed E-state index contributed by atoms with van der Waals surface area (Å²) in [6, 6.07) is 17.5. The maximum atomic E-state index is 3.72. The van der Waals surface area contributed by atoms with Crippen LogP contribution in [0.4, 0.5) is 11.4 Å². The van der Waals surface area contributed by atoms with E-state index in [4.69, 9.17) is 0 Å². The fourth-order valence-corrected chi connectivity index (χ4v) is 3.86. The van der Waals surface area contributed by atoms with Crippen LogP contribution in [0.15, 0.2) is 77.3 Å². The number of anilines is 2.